The smallest absolute Gasteiger partial charge is 0.169 e. The monoisotopic (exact) mass is 340 g/mol. The minimum Gasteiger partial charge on any atom is -0.494 e. The lowest BCUT2D eigenvalue weighted by molar-refractivity contribution is 0.217. The molecular weight excluding hydrogens is 316 g/mol. The standard InChI is InChI=1S/C21H24O4/c1-3-16(2)24-18-12-10-17(11-13-18)22-14-6-7-19-15-23-20-8-4-5-9-21(20)25-19/h4-5,8-13,15-16H,3,6-7,14H2,1-2H3. The number of rotatable bonds is 8. The van der Waals surface area contributed by atoms with Gasteiger partial charge in [-0.05, 0) is 56.2 Å². The van der Waals surface area contributed by atoms with Crippen LogP contribution in [0.1, 0.15) is 33.1 Å². The third-order valence-electron chi connectivity index (χ3n) is 3.98. The number of hydrogen-bond acceptors (Lipinski definition) is 4. The second-order valence-electron chi connectivity index (χ2n) is 6.01. The lowest BCUT2D eigenvalue weighted by atomic mass is 10.2. The van der Waals surface area contributed by atoms with Crippen molar-refractivity contribution in [1.29, 1.82) is 0 Å². The summed E-state index contributed by atoms with van der Waals surface area (Å²) >= 11 is 0. The van der Waals surface area contributed by atoms with Gasteiger partial charge >= 0.3 is 0 Å². The van der Waals surface area contributed by atoms with Crippen molar-refractivity contribution in [2.24, 2.45) is 0 Å². The predicted molar refractivity (Wildman–Crippen MR) is 97.3 cm³/mol. The summed E-state index contributed by atoms with van der Waals surface area (Å²) in [5, 5.41) is 0. The molecule has 2 aromatic carbocycles. The van der Waals surface area contributed by atoms with Crippen LogP contribution in [0.4, 0.5) is 0 Å². The second kappa shape index (κ2) is 8.47. The summed E-state index contributed by atoms with van der Waals surface area (Å²) in [5.41, 5.74) is 0. The molecule has 4 heteroatoms. The van der Waals surface area contributed by atoms with Gasteiger partial charge in [-0.25, -0.2) is 0 Å². The number of fused-ring (bicyclic) bond motifs is 1. The molecule has 0 aliphatic carbocycles. The van der Waals surface area contributed by atoms with Crippen LogP contribution < -0.4 is 18.9 Å². The van der Waals surface area contributed by atoms with Crippen LogP contribution in [0.3, 0.4) is 0 Å². The van der Waals surface area contributed by atoms with Crippen LogP contribution in [0.15, 0.2) is 60.6 Å². The molecule has 25 heavy (non-hydrogen) atoms. The Bertz CT molecular complexity index is 706. The van der Waals surface area contributed by atoms with Crippen molar-refractivity contribution in [3.63, 3.8) is 0 Å². The second-order valence-corrected chi connectivity index (χ2v) is 6.01. The van der Waals surface area contributed by atoms with Crippen molar-refractivity contribution in [2.75, 3.05) is 6.61 Å². The average molecular weight is 340 g/mol. The zero-order chi connectivity index (χ0) is 17.5. The summed E-state index contributed by atoms with van der Waals surface area (Å²) in [6, 6.07) is 15.4. The summed E-state index contributed by atoms with van der Waals surface area (Å²) in [6.45, 7) is 4.79. The number of benzene rings is 2. The van der Waals surface area contributed by atoms with E-state index < -0.39 is 0 Å². The predicted octanol–water partition coefficient (Wildman–Crippen LogP) is 5.34. The highest BCUT2D eigenvalue weighted by Gasteiger charge is 2.13. The molecule has 4 nitrogen and oxygen atoms in total. The molecule has 0 N–H and O–H groups in total. The molecule has 1 atom stereocenters. The van der Waals surface area contributed by atoms with Gasteiger partial charge in [-0.1, -0.05) is 19.1 Å². The molecule has 132 valence electrons. The van der Waals surface area contributed by atoms with E-state index in [1.165, 1.54) is 0 Å². The first-order valence-electron chi connectivity index (χ1n) is 8.76. The molecular formula is C21H24O4. The molecule has 0 saturated carbocycles. The average Bonchev–Trinajstić information content (AvgIpc) is 2.66. The van der Waals surface area contributed by atoms with Crippen molar-refractivity contribution >= 4 is 0 Å². The molecule has 0 spiro atoms. The molecule has 3 rings (SSSR count). The molecule has 0 bridgehead atoms. The van der Waals surface area contributed by atoms with E-state index in [-0.39, 0.29) is 6.10 Å². The van der Waals surface area contributed by atoms with Crippen LogP contribution in [-0.4, -0.2) is 12.7 Å². The molecule has 0 aromatic heterocycles. The van der Waals surface area contributed by atoms with Gasteiger partial charge in [0.2, 0.25) is 0 Å². The van der Waals surface area contributed by atoms with Gasteiger partial charge in [0, 0.05) is 6.42 Å². The first kappa shape index (κ1) is 17.2. The van der Waals surface area contributed by atoms with Crippen molar-refractivity contribution < 1.29 is 18.9 Å². The number of ether oxygens (including phenoxy) is 4. The highest BCUT2D eigenvalue weighted by atomic mass is 16.6. The number of para-hydroxylation sites is 2. The van der Waals surface area contributed by atoms with Crippen LogP contribution >= 0.6 is 0 Å². The lowest BCUT2D eigenvalue weighted by Gasteiger charge is -2.18. The van der Waals surface area contributed by atoms with E-state index in [0.717, 1.165) is 48.0 Å². The van der Waals surface area contributed by atoms with E-state index in [4.69, 9.17) is 18.9 Å². The Morgan fingerprint density at radius 1 is 0.960 bits per heavy atom. The van der Waals surface area contributed by atoms with Crippen LogP contribution in [0.5, 0.6) is 23.0 Å². The van der Waals surface area contributed by atoms with Gasteiger partial charge < -0.3 is 18.9 Å². The molecule has 0 saturated heterocycles. The first-order chi connectivity index (χ1) is 12.2. The summed E-state index contributed by atoms with van der Waals surface area (Å²) in [5.74, 6) is 4.05. The summed E-state index contributed by atoms with van der Waals surface area (Å²) in [4.78, 5) is 0. The Labute approximate surface area is 149 Å². The minimum atomic E-state index is 0.225. The van der Waals surface area contributed by atoms with E-state index in [1.807, 2.05) is 48.5 Å². The maximum atomic E-state index is 5.81. The third kappa shape index (κ3) is 4.92. The van der Waals surface area contributed by atoms with Crippen molar-refractivity contribution in [3.8, 4) is 23.0 Å². The van der Waals surface area contributed by atoms with Crippen molar-refractivity contribution in [3.05, 3.63) is 60.6 Å². The highest BCUT2D eigenvalue weighted by molar-refractivity contribution is 5.42. The van der Waals surface area contributed by atoms with Crippen molar-refractivity contribution in [2.45, 2.75) is 39.2 Å². The van der Waals surface area contributed by atoms with Crippen LogP contribution in [0.2, 0.25) is 0 Å². The molecule has 1 aliphatic heterocycles. The fraction of sp³-hybridized carbons (Fsp3) is 0.333. The number of allylic oxidation sites excluding steroid dienone is 1. The van der Waals surface area contributed by atoms with Gasteiger partial charge in [0.1, 0.15) is 23.5 Å². The van der Waals surface area contributed by atoms with E-state index in [0.29, 0.717) is 6.61 Å². The van der Waals surface area contributed by atoms with E-state index in [2.05, 4.69) is 13.8 Å². The Hall–Kier alpha value is -2.62. The SMILES string of the molecule is CCC(C)Oc1ccc(OCCCC2=COc3ccccc3O2)cc1. The maximum absolute atomic E-state index is 5.81. The summed E-state index contributed by atoms with van der Waals surface area (Å²) in [7, 11) is 0. The van der Waals surface area contributed by atoms with Gasteiger partial charge in [-0.15, -0.1) is 0 Å². The molecule has 1 heterocycles. The molecule has 1 unspecified atom stereocenters. The number of hydrogen-bond donors (Lipinski definition) is 0. The highest BCUT2D eigenvalue weighted by Crippen LogP contribution is 2.32. The minimum absolute atomic E-state index is 0.225. The molecule has 0 fully saturated rings. The first-order valence-corrected chi connectivity index (χ1v) is 8.76. The third-order valence-corrected chi connectivity index (χ3v) is 3.98. The molecule has 2 aromatic rings. The van der Waals surface area contributed by atoms with Gasteiger partial charge in [0.25, 0.3) is 0 Å². The normalized spacial score (nSPS) is 13.8. The molecule has 1 aliphatic rings. The van der Waals surface area contributed by atoms with Crippen molar-refractivity contribution in [1.82, 2.24) is 0 Å². The van der Waals surface area contributed by atoms with Gasteiger partial charge in [0.15, 0.2) is 11.5 Å². The summed E-state index contributed by atoms with van der Waals surface area (Å²) in [6.07, 6.45) is 4.50. The zero-order valence-corrected chi connectivity index (χ0v) is 14.7. The summed E-state index contributed by atoms with van der Waals surface area (Å²) < 4.78 is 22.9. The lowest BCUT2D eigenvalue weighted by Crippen LogP contribution is -2.09. The largest absolute Gasteiger partial charge is 0.494 e. The van der Waals surface area contributed by atoms with Gasteiger partial charge in [-0.2, -0.15) is 0 Å². The fourth-order valence-corrected chi connectivity index (χ4v) is 2.40. The zero-order valence-electron chi connectivity index (χ0n) is 14.7. The molecule has 0 radical (unpaired) electrons. The Balaban J connectivity index is 1.40. The van der Waals surface area contributed by atoms with Crippen LogP contribution in [0, 0.1) is 0 Å². The maximum Gasteiger partial charge on any atom is 0.169 e. The van der Waals surface area contributed by atoms with Crippen LogP contribution in [0.25, 0.3) is 0 Å². The van der Waals surface area contributed by atoms with E-state index in [9.17, 15) is 0 Å². The van der Waals surface area contributed by atoms with E-state index >= 15 is 0 Å². The quantitative estimate of drug-likeness (QED) is 0.608. The van der Waals surface area contributed by atoms with E-state index in [1.54, 1.807) is 6.26 Å². The van der Waals surface area contributed by atoms with Gasteiger partial charge in [0.05, 0.1) is 12.7 Å². The topological polar surface area (TPSA) is 36.9 Å². The van der Waals surface area contributed by atoms with Gasteiger partial charge in [-0.3, -0.25) is 0 Å². The Morgan fingerprint density at radius 3 is 2.44 bits per heavy atom. The Morgan fingerprint density at radius 2 is 1.68 bits per heavy atom. The fourth-order valence-electron chi connectivity index (χ4n) is 2.40. The molecule has 0 amide bonds. The van der Waals surface area contributed by atoms with Crippen LogP contribution in [-0.2, 0) is 0 Å². The Kier molecular flexibility index (Phi) is 5.83.